The van der Waals surface area contributed by atoms with E-state index >= 15 is 0 Å². The average molecular weight is 474 g/mol. The first-order valence-electron chi connectivity index (χ1n) is 10.9. The number of aromatic nitrogens is 3. The zero-order valence-corrected chi connectivity index (χ0v) is 18.3. The molecule has 5 rings (SSSR count). The van der Waals surface area contributed by atoms with Crippen LogP contribution in [0.3, 0.4) is 0 Å². The lowest BCUT2D eigenvalue weighted by molar-refractivity contribution is -0.121. The third-order valence-electron chi connectivity index (χ3n) is 5.56. The Labute approximate surface area is 198 Å². The van der Waals surface area contributed by atoms with Crippen LogP contribution in [0.5, 0.6) is 5.75 Å². The van der Waals surface area contributed by atoms with Gasteiger partial charge in [0.1, 0.15) is 23.4 Å². The second-order valence-corrected chi connectivity index (χ2v) is 8.13. The molecule has 1 atom stereocenters. The van der Waals surface area contributed by atoms with E-state index in [1.807, 2.05) is 18.2 Å². The fourth-order valence-electron chi connectivity index (χ4n) is 3.97. The predicted molar refractivity (Wildman–Crippen MR) is 124 cm³/mol. The third kappa shape index (κ3) is 5.03. The van der Waals surface area contributed by atoms with Gasteiger partial charge in [0.05, 0.1) is 6.42 Å². The molecule has 176 valence electrons. The number of nitrogens with one attached hydrogen (secondary N) is 2. The minimum absolute atomic E-state index is 0.00283. The number of fused-ring (bicyclic) bond motifs is 1. The Balaban J connectivity index is 1.42. The molecule has 0 fully saturated rings. The van der Waals surface area contributed by atoms with Crippen LogP contribution in [0.4, 0.5) is 8.78 Å². The van der Waals surface area contributed by atoms with Crippen molar-refractivity contribution in [2.75, 3.05) is 0 Å². The molecular formula is C26H20F2N4O3. The van der Waals surface area contributed by atoms with E-state index in [-0.39, 0.29) is 36.3 Å². The zero-order chi connectivity index (χ0) is 24.4. The topological polar surface area (TPSA) is 104 Å². The van der Waals surface area contributed by atoms with Gasteiger partial charge in [0.15, 0.2) is 0 Å². The van der Waals surface area contributed by atoms with Crippen LogP contribution in [0.1, 0.15) is 23.1 Å². The monoisotopic (exact) mass is 474 g/mol. The molecule has 0 spiro atoms. The molecule has 0 aliphatic rings. The summed E-state index contributed by atoms with van der Waals surface area (Å²) in [6.07, 6.45) is 1.73. The first-order valence-corrected chi connectivity index (χ1v) is 10.9. The lowest BCUT2D eigenvalue weighted by Crippen LogP contribution is -2.31. The van der Waals surface area contributed by atoms with E-state index < -0.39 is 17.7 Å². The second-order valence-electron chi connectivity index (χ2n) is 8.13. The van der Waals surface area contributed by atoms with Crippen molar-refractivity contribution in [1.82, 2.24) is 20.5 Å². The van der Waals surface area contributed by atoms with E-state index in [1.54, 1.807) is 36.5 Å². The largest absolute Gasteiger partial charge is 0.508 e. The number of H-pyrrole nitrogens is 1. The van der Waals surface area contributed by atoms with E-state index in [1.165, 1.54) is 12.1 Å². The fourth-order valence-corrected chi connectivity index (χ4v) is 3.97. The van der Waals surface area contributed by atoms with Gasteiger partial charge in [-0.1, -0.05) is 18.2 Å². The molecule has 0 unspecified atom stereocenters. The summed E-state index contributed by atoms with van der Waals surface area (Å²) in [5, 5.41) is 21.5. The smallest absolute Gasteiger partial charge is 0.247 e. The Bertz CT molecular complexity index is 1480. The summed E-state index contributed by atoms with van der Waals surface area (Å²) in [7, 11) is 0. The summed E-state index contributed by atoms with van der Waals surface area (Å²) >= 11 is 0. The highest BCUT2D eigenvalue weighted by Gasteiger charge is 2.23. The number of aromatic hydroxyl groups is 1. The number of hydrogen-bond acceptors (Lipinski definition) is 5. The predicted octanol–water partition coefficient (Wildman–Crippen LogP) is 4.84. The van der Waals surface area contributed by atoms with Gasteiger partial charge in [-0.2, -0.15) is 0 Å². The van der Waals surface area contributed by atoms with Crippen LogP contribution in [-0.2, 0) is 17.6 Å². The van der Waals surface area contributed by atoms with Crippen molar-refractivity contribution >= 4 is 16.8 Å². The molecule has 0 radical (unpaired) electrons. The number of nitrogens with zero attached hydrogens (tertiary/aromatic N) is 2. The minimum Gasteiger partial charge on any atom is -0.508 e. The highest BCUT2D eigenvalue weighted by molar-refractivity contribution is 5.89. The van der Waals surface area contributed by atoms with Gasteiger partial charge in [-0.15, -0.1) is 10.2 Å². The van der Waals surface area contributed by atoms with Crippen LogP contribution in [0.2, 0.25) is 0 Å². The van der Waals surface area contributed by atoms with E-state index in [9.17, 15) is 18.7 Å². The molecular weight excluding hydrogens is 454 g/mol. The molecule has 35 heavy (non-hydrogen) atoms. The number of carbonyl (C=O) groups excluding carboxylic acids is 1. The van der Waals surface area contributed by atoms with E-state index in [0.717, 1.165) is 11.6 Å². The molecule has 0 bridgehead atoms. The maximum atomic E-state index is 13.8. The van der Waals surface area contributed by atoms with Gasteiger partial charge in [0, 0.05) is 35.2 Å². The van der Waals surface area contributed by atoms with E-state index in [0.29, 0.717) is 22.1 Å². The van der Waals surface area contributed by atoms with Crippen molar-refractivity contribution in [2.24, 2.45) is 0 Å². The SMILES string of the molecule is O=C(Cc1c[nH]c2ccc(O)cc12)N[C@@H](Cc1cc(F)cc(F)c1)c1nnc(-c2ccccc2)o1. The molecule has 7 nitrogen and oxygen atoms in total. The Morgan fingerprint density at radius 2 is 1.80 bits per heavy atom. The molecule has 0 aliphatic heterocycles. The molecule has 1 amide bonds. The van der Waals surface area contributed by atoms with Crippen LogP contribution in [0.15, 0.2) is 77.3 Å². The maximum absolute atomic E-state index is 13.8. The van der Waals surface area contributed by atoms with Crippen LogP contribution < -0.4 is 5.32 Å². The van der Waals surface area contributed by atoms with Crippen molar-refractivity contribution < 1.29 is 23.1 Å². The van der Waals surface area contributed by atoms with Crippen molar-refractivity contribution in [3.8, 4) is 17.2 Å². The Kier molecular flexibility index (Phi) is 5.97. The molecule has 2 heterocycles. The minimum atomic E-state index is -0.827. The highest BCUT2D eigenvalue weighted by atomic mass is 19.1. The Morgan fingerprint density at radius 1 is 1.03 bits per heavy atom. The van der Waals surface area contributed by atoms with Gasteiger partial charge in [0.2, 0.25) is 17.7 Å². The first kappa shape index (κ1) is 22.3. The molecule has 5 aromatic rings. The number of phenols is 1. The van der Waals surface area contributed by atoms with Gasteiger partial charge in [-0.05, 0) is 53.6 Å². The van der Waals surface area contributed by atoms with Gasteiger partial charge in [-0.25, -0.2) is 8.78 Å². The summed E-state index contributed by atoms with van der Waals surface area (Å²) in [5.41, 5.74) is 2.48. The van der Waals surface area contributed by atoms with Crippen molar-refractivity contribution in [1.29, 1.82) is 0 Å². The molecule has 3 aromatic carbocycles. The summed E-state index contributed by atoms with van der Waals surface area (Å²) in [6, 6.07) is 16.3. The van der Waals surface area contributed by atoms with E-state index in [4.69, 9.17) is 4.42 Å². The summed E-state index contributed by atoms with van der Waals surface area (Å²) in [6.45, 7) is 0. The maximum Gasteiger partial charge on any atom is 0.247 e. The molecule has 0 saturated heterocycles. The van der Waals surface area contributed by atoms with Gasteiger partial charge in [0.25, 0.3) is 0 Å². The van der Waals surface area contributed by atoms with E-state index in [2.05, 4.69) is 20.5 Å². The standard InChI is InChI=1S/C26H20F2N4O3/c27-18-8-15(9-19(28)12-18)10-23(26-32-31-25(35-26)16-4-2-1-3-5-16)30-24(34)11-17-14-29-22-7-6-20(33)13-21(17)22/h1-9,12-14,23,29,33H,10-11H2,(H,30,34)/t23-/m0/s1. The number of aromatic amines is 1. The first-order chi connectivity index (χ1) is 16.9. The number of hydrogen-bond donors (Lipinski definition) is 3. The number of rotatable bonds is 7. The van der Waals surface area contributed by atoms with Crippen molar-refractivity contribution in [3.05, 3.63) is 102 Å². The summed E-state index contributed by atoms with van der Waals surface area (Å²) < 4.78 is 33.4. The molecule has 3 N–H and O–H groups in total. The van der Waals surface area contributed by atoms with Crippen LogP contribution in [-0.4, -0.2) is 26.2 Å². The zero-order valence-electron chi connectivity index (χ0n) is 18.3. The number of phenolic OH excluding ortho intramolecular Hbond substituents is 1. The number of amides is 1. The summed E-state index contributed by atoms with van der Waals surface area (Å²) in [4.78, 5) is 16.1. The molecule has 9 heteroatoms. The molecule has 0 aliphatic carbocycles. The Hall–Kier alpha value is -4.53. The lowest BCUT2D eigenvalue weighted by Gasteiger charge is -2.16. The lowest BCUT2D eigenvalue weighted by atomic mass is 10.0. The second kappa shape index (κ2) is 9.38. The molecule has 2 aromatic heterocycles. The number of halogens is 2. The van der Waals surface area contributed by atoms with Crippen molar-refractivity contribution in [2.45, 2.75) is 18.9 Å². The fraction of sp³-hybridized carbons (Fsp3) is 0.115. The third-order valence-corrected chi connectivity index (χ3v) is 5.56. The van der Waals surface area contributed by atoms with Gasteiger partial charge >= 0.3 is 0 Å². The number of carbonyl (C=O) groups is 1. The summed E-state index contributed by atoms with van der Waals surface area (Å²) in [5.74, 6) is -1.35. The Morgan fingerprint density at radius 3 is 2.57 bits per heavy atom. The van der Waals surface area contributed by atoms with Crippen LogP contribution >= 0.6 is 0 Å². The average Bonchev–Trinajstić information content (AvgIpc) is 3.46. The van der Waals surface area contributed by atoms with Crippen molar-refractivity contribution in [3.63, 3.8) is 0 Å². The van der Waals surface area contributed by atoms with Gasteiger partial charge < -0.3 is 19.8 Å². The van der Waals surface area contributed by atoms with Crippen LogP contribution in [0, 0.1) is 11.6 Å². The molecule has 0 saturated carbocycles. The van der Waals surface area contributed by atoms with Crippen LogP contribution in [0.25, 0.3) is 22.4 Å². The number of benzene rings is 3. The van der Waals surface area contributed by atoms with Gasteiger partial charge in [-0.3, -0.25) is 4.79 Å². The quantitative estimate of drug-likeness (QED) is 0.313. The highest BCUT2D eigenvalue weighted by Crippen LogP contribution is 2.26. The normalized spacial score (nSPS) is 12.1.